The summed E-state index contributed by atoms with van der Waals surface area (Å²) in [7, 11) is -2.41. The predicted molar refractivity (Wildman–Crippen MR) is 138 cm³/mol. The van der Waals surface area contributed by atoms with Crippen molar-refractivity contribution in [3.8, 4) is 0 Å². The number of benzene rings is 3. The van der Waals surface area contributed by atoms with Crippen LogP contribution < -0.4 is 0 Å². The summed E-state index contributed by atoms with van der Waals surface area (Å²) in [5, 5.41) is -0.151. The van der Waals surface area contributed by atoms with Crippen molar-refractivity contribution < 1.29 is 26.7 Å². The number of carbonyl (C=O) groups is 1. The molecule has 0 aliphatic rings. The average molecular weight is 540 g/mol. The molecule has 0 unspecified atom stereocenters. The van der Waals surface area contributed by atoms with Crippen LogP contribution in [-0.4, -0.2) is 49.0 Å². The molecule has 1 heterocycles. The summed E-state index contributed by atoms with van der Waals surface area (Å²) in [5.74, 6) is -1.63. The Kier molecular flexibility index (Phi) is 8.65. The quantitative estimate of drug-likeness (QED) is 0.281. The molecule has 7 nitrogen and oxygen atoms in total. The van der Waals surface area contributed by atoms with Crippen molar-refractivity contribution in [3.63, 3.8) is 0 Å². The fourth-order valence-corrected chi connectivity index (χ4v) is 5.48. The highest BCUT2D eigenvalue weighted by Gasteiger charge is 2.26. The molecule has 0 saturated heterocycles. The number of carbonyl (C=O) groups excluding carboxylic acids is 1. The molecule has 0 saturated carbocycles. The Labute approximate surface area is 220 Å². The van der Waals surface area contributed by atoms with Crippen molar-refractivity contribution >= 4 is 15.7 Å². The van der Waals surface area contributed by atoms with E-state index in [4.69, 9.17) is 4.74 Å². The van der Waals surface area contributed by atoms with Gasteiger partial charge in [0.15, 0.2) is 0 Å². The van der Waals surface area contributed by atoms with E-state index in [1.807, 2.05) is 30.3 Å². The van der Waals surface area contributed by atoms with Crippen molar-refractivity contribution in [2.75, 3.05) is 20.3 Å². The number of hydrogen-bond donors (Lipinski definition) is 0. The molecular weight excluding hydrogens is 512 g/mol. The summed E-state index contributed by atoms with van der Waals surface area (Å²) < 4.78 is 60.4. The van der Waals surface area contributed by atoms with Gasteiger partial charge in [-0.3, -0.25) is 4.79 Å². The fourth-order valence-electron chi connectivity index (χ4n) is 3.99. The molecule has 0 fully saturated rings. The van der Waals surface area contributed by atoms with E-state index in [0.29, 0.717) is 16.8 Å². The monoisotopic (exact) mass is 539 g/mol. The number of methoxy groups -OCH3 is 1. The first-order chi connectivity index (χ1) is 18.3. The Morgan fingerprint density at radius 3 is 2.18 bits per heavy atom. The van der Waals surface area contributed by atoms with E-state index in [2.05, 4.69) is 4.98 Å². The largest absolute Gasteiger partial charge is 0.383 e. The van der Waals surface area contributed by atoms with E-state index in [1.54, 1.807) is 4.57 Å². The van der Waals surface area contributed by atoms with Crippen LogP contribution >= 0.6 is 0 Å². The third kappa shape index (κ3) is 6.70. The highest BCUT2D eigenvalue weighted by atomic mass is 32.2. The summed E-state index contributed by atoms with van der Waals surface area (Å²) in [4.78, 5) is 19.0. The van der Waals surface area contributed by atoms with Gasteiger partial charge in [0.05, 0.1) is 37.3 Å². The third-order valence-electron chi connectivity index (χ3n) is 5.93. The molecule has 3 aromatic carbocycles. The number of ether oxygens (including phenoxy) is 1. The second-order valence-corrected chi connectivity index (χ2v) is 10.6. The maximum atomic E-state index is 13.4. The van der Waals surface area contributed by atoms with Crippen molar-refractivity contribution in [1.82, 2.24) is 14.5 Å². The number of halogens is 2. The van der Waals surface area contributed by atoms with Gasteiger partial charge in [-0.15, -0.1) is 0 Å². The summed E-state index contributed by atoms with van der Waals surface area (Å²) in [6, 6.07) is 19.8. The van der Waals surface area contributed by atoms with Gasteiger partial charge in [0, 0.05) is 19.2 Å². The number of aromatic nitrogens is 2. The van der Waals surface area contributed by atoms with Crippen LogP contribution in [0, 0.1) is 11.6 Å². The van der Waals surface area contributed by atoms with Crippen LogP contribution in [0.25, 0.3) is 0 Å². The van der Waals surface area contributed by atoms with Crippen LogP contribution in [0.5, 0.6) is 0 Å². The molecule has 4 aromatic rings. The number of amides is 1. The lowest BCUT2D eigenvalue weighted by Crippen LogP contribution is -2.34. The van der Waals surface area contributed by atoms with Crippen LogP contribution in [0.3, 0.4) is 0 Å². The lowest BCUT2D eigenvalue weighted by Gasteiger charge is -2.23. The maximum absolute atomic E-state index is 13.4. The number of sulfone groups is 1. The van der Waals surface area contributed by atoms with Crippen molar-refractivity contribution in [1.29, 1.82) is 0 Å². The summed E-state index contributed by atoms with van der Waals surface area (Å²) in [5.41, 5.74) is 2.06. The summed E-state index contributed by atoms with van der Waals surface area (Å²) in [6.45, 7) is 0.721. The van der Waals surface area contributed by atoms with Gasteiger partial charge in [-0.2, -0.15) is 0 Å². The Morgan fingerprint density at radius 2 is 1.55 bits per heavy atom. The van der Waals surface area contributed by atoms with E-state index in [9.17, 15) is 22.0 Å². The van der Waals surface area contributed by atoms with Crippen LogP contribution in [0.1, 0.15) is 27.2 Å². The zero-order chi connectivity index (χ0) is 27.1. The van der Waals surface area contributed by atoms with Crippen LogP contribution in [0.2, 0.25) is 0 Å². The minimum atomic E-state index is -3.93. The molecule has 0 bridgehead atoms. The van der Waals surface area contributed by atoms with Gasteiger partial charge < -0.3 is 14.2 Å². The molecule has 4 rings (SSSR count). The second kappa shape index (κ2) is 12.1. The van der Waals surface area contributed by atoms with Gasteiger partial charge in [0.2, 0.25) is 15.0 Å². The van der Waals surface area contributed by atoms with E-state index >= 15 is 0 Å². The van der Waals surface area contributed by atoms with Crippen LogP contribution in [0.4, 0.5) is 8.78 Å². The third-order valence-corrected chi connectivity index (χ3v) is 7.53. The molecule has 198 valence electrons. The summed E-state index contributed by atoms with van der Waals surface area (Å²) >= 11 is 0. The van der Waals surface area contributed by atoms with Gasteiger partial charge in [0.25, 0.3) is 5.91 Å². The second-order valence-electron chi connectivity index (χ2n) is 8.72. The topological polar surface area (TPSA) is 81.5 Å². The zero-order valence-corrected chi connectivity index (χ0v) is 21.6. The lowest BCUT2D eigenvalue weighted by molar-refractivity contribution is 0.0675. The van der Waals surface area contributed by atoms with Crippen LogP contribution in [0.15, 0.2) is 90.2 Å². The van der Waals surface area contributed by atoms with E-state index in [1.165, 1.54) is 66.7 Å². The molecule has 38 heavy (non-hydrogen) atoms. The number of hydrogen-bond acceptors (Lipinski definition) is 5. The highest BCUT2D eigenvalue weighted by Crippen LogP contribution is 2.21. The molecule has 1 aromatic heterocycles. The maximum Gasteiger partial charge on any atom is 0.254 e. The van der Waals surface area contributed by atoms with Crippen molar-refractivity contribution in [3.05, 3.63) is 119 Å². The SMILES string of the molecule is COCCN(Cc1cnc(S(=O)(=O)Cc2ccc(F)cc2)n1Cc1ccccc1)C(=O)c1ccc(F)cc1. The van der Waals surface area contributed by atoms with E-state index < -0.39 is 21.5 Å². The molecule has 0 radical (unpaired) electrons. The molecule has 0 aliphatic carbocycles. The molecule has 1 amide bonds. The van der Waals surface area contributed by atoms with Gasteiger partial charge in [0.1, 0.15) is 11.6 Å². The smallest absolute Gasteiger partial charge is 0.254 e. The Bertz CT molecular complexity index is 1470. The Morgan fingerprint density at radius 1 is 0.921 bits per heavy atom. The summed E-state index contributed by atoms with van der Waals surface area (Å²) in [6.07, 6.45) is 1.44. The minimum absolute atomic E-state index is 0.0471. The number of rotatable bonds is 11. The zero-order valence-electron chi connectivity index (χ0n) is 20.8. The molecule has 0 atom stereocenters. The van der Waals surface area contributed by atoms with Crippen LogP contribution in [-0.2, 0) is 33.4 Å². The predicted octanol–water partition coefficient (Wildman–Crippen LogP) is 4.47. The molecule has 0 aliphatic heterocycles. The van der Waals surface area contributed by atoms with E-state index in [-0.39, 0.29) is 43.1 Å². The van der Waals surface area contributed by atoms with Gasteiger partial charge in [-0.25, -0.2) is 22.2 Å². The van der Waals surface area contributed by atoms with Crippen molar-refractivity contribution in [2.24, 2.45) is 0 Å². The van der Waals surface area contributed by atoms with Gasteiger partial charge in [-0.05, 0) is 47.5 Å². The standard InChI is InChI=1S/C28H27F2N3O4S/c1-37-16-15-32(27(34)23-9-13-25(30)14-10-23)19-26-17-31-28(33(26)18-21-5-3-2-4-6-21)38(35,36)20-22-7-11-24(29)12-8-22/h2-14,17H,15-16,18-20H2,1H3. The number of imidazole rings is 1. The van der Waals surface area contributed by atoms with Gasteiger partial charge >= 0.3 is 0 Å². The molecule has 10 heteroatoms. The lowest BCUT2D eigenvalue weighted by atomic mass is 10.2. The Hall–Kier alpha value is -3.89. The first kappa shape index (κ1) is 27.2. The molecular formula is C28H27F2N3O4S. The van der Waals surface area contributed by atoms with Gasteiger partial charge in [-0.1, -0.05) is 42.5 Å². The Balaban J connectivity index is 1.70. The van der Waals surface area contributed by atoms with E-state index in [0.717, 1.165) is 5.56 Å². The van der Waals surface area contributed by atoms with Crippen molar-refractivity contribution in [2.45, 2.75) is 24.0 Å². The first-order valence-corrected chi connectivity index (χ1v) is 13.5. The molecule has 0 N–H and O–H groups in total. The highest BCUT2D eigenvalue weighted by molar-refractivity contribution is 7.90. The normalized spacial score (nSPS) is 11.4. The first-order valence-electron chi connectivity index (χ1n) is 11.9. The molecule has 0 spiro atoms. The number of nitrogens with zero attached hydrogens (tertiary/aromatic N) is 3. The average Bonchev–Trinajstić information content (AvgIpc) is 3.31. The minimum Gasteiger partial charge on any atom is -0.383 e. The fraction of sp³-hybridized carbons (Fsp3) is 0.214.